The second-order valence-electron chi connectivity index (χ2n) is 4.86. The summed E-state index contributed by atoms with van der Waals surface area (Å²) in [6.45, 7) is 7.14. The Morgan fingerprint density at radius 2 is 2.11 bits per heavy atom. The van der Waals surface area contributed by atoms with E-state index >= 15 is 0 Å². The molecule has 1 aromatic rings. The number of aldehydes is 1. The maximum absolute atomic E-state index is 10.7. The van der Waals surface area contributed by atoms with Crippen LogP contribution in [0.1, 0.15) is 55.5 Å². The molecule has 1 atom stereocenters. The number of hydrogen-bond donors (Lipinski definition) is 0. The van der Waals surface area contributed by atoms with Gasteiger partial charge < -0.3 is 4.74 Å². The van der Waals surface area contributed by atoms with Gasteiger partial charge in [-0.1, -0.05) is 33.1 Å². The van der Waals surface area contributed by atoms with Crippen LogP contribution >= 0.6 is 0 Å². The van der Waals surface area contributed by atoms with Gasteiger partial charge in [0.1, 0.15) is 12.0 Å². The van der Waals surface area contributed by atoms with Crippen LogP contribution in [0.4, 0.5) is 0 Å². The number of unbranched alkanes of at least 4 members (excludes halogenated alkanes) is 1. The number of carbonyl (C=O) groups is 1. The number of carbonyl (C=O) groups excluding carboxylic acids is 1. The third-order valence-electron chi connectivity index (χ3n) is 3.40. The minimum Gasteiger partial charge on any atom is -0.493 e. The second kappa shape index (κ2) is 7.91. The fourth-order valence-corrected chi connectivity index (χ4v) is 1.98. The maximum atomic E-state index is 10.7. The Morgan fingerprint density at radius 3 is 2.67 bits per heavy atom. The van der Waals surface area contributed by atoms with Crippen LogP contribution in [0.15, 0.2) is 18.2 Å². The molecule has 0 fully saturated rings. The first kappa shape index (κ1) is 14.7. The van der Waals surface area contributed by atoms with Crippen LogP contribution < -0.4 is 4.74 Å². The predicted molar refractivity (Wildman–Crippen MR) is 75.4 cm³/mol. The number of benzene rings is 1. The largest absolute Gasteiger partial charge is 0.493 e. The van der Waals surface area contributed by atoms with Gasteiger partial charge in [-0.2, -0.15) is 0 Å². The van der Waals surface area contributed by atoms with E-state index in [1.165, 1.54) is 19.3 Å². The summed E-state index contributed by atoms with van der Waals surface area (Å²) >= 11 is 0. The fraction of sp³-hybridized carbons (Fsp3) is 0.562. The Kier molecular flexibility index (Phi) is 6.48. The molecular formula is C16H24O2. The smallest absolute Gasteiger partial charge is 0.150 e. The van der Waals surface area contributed by atoms with Crippen LogP contribution in [0.3, 0.4) is 0 Å². The van der Waals surface area contributed by atoms with Crippen LogP contribution in [0.5, 0.6) is 5.75 Å². The molecule has 0 aliphatic heterocycles. The van der Waals surface area contributed by atoms with Crippen LogP contribution in [0, 0.1) is 12.8 Å². The zero-order valence-corrected chi connectivity index (χ0v) is 11.7. The number of aryl methyl sites for hydroxylation is 1. The second-order valence-corrected chi connectivity index (χ2v) is 4.86. The molecule has 0 amide bonds. The third kappa shape index (κ3) is 4.52. The zero-order valence-electron chi connectivity index (χ0n) is 11.7. The summed E-state index contributed by atoms with van der Waals surface area (Å²) in [6.07, 6.45) is 5.79. The van der Waals surface area contributed by atoms with Crippen molar-refractivity contribution >= 4 is 6.29 Å². The number of rotatable bonds is 8. The van der Waals surface area contributed by atoms with Crippen molar-refractivity contribution in [2.24, 2.45) is 5.92 Å². The van der Waals surface area contributed by atoms with Crippen molar-refractivity contribution in [1.29, 1.82) is 0 Å². The summed E-state index contributed by atoms with van der Waals surface area (Å²) in [5, 5.41) is 0. The molecule has 0 saturated carbocycles. The van der Waals surface area contributed by atoms with Crippen molar-refractivity contribution in [3.63, 3.8) is 0 Å². The van der Waals surface area contributed by atoms with Gasteiger partial charge in [-0.15, -0.1) is 0 Å². The van der Waals surface area contributed by atoms with Crippen molar-refractivity contribution < 1.29 is 9.53 Å². The standard InChI is InChI=1S/C16H24O2/c1-4-6-7-14(5-2)12-18-16-9-8-15(11-17)13(3)10-16/h8-11,14H,4-7,12H2,1-3H3. The molecule has 0 bridgehead atoms. The van der Waals surface area contributed by atoms with E-state index in [-0.39, 0.29) is 0 Å². The summed E-state index contributed by atoms with van der Waals surface area (Å²) in [7, 11) is 0. The van der Waals surface area contributed by atoms with Crippen LogP contribution in [0.2, 0.25) is 0 Å². The highest BCUT2D eigenvalue weighted by molar-refractivity contribution is 5.77. The molecule has 2 heteroatoms. The van der Waals surface area contributed by atoms with Gasteiger partial charge >= 0.3 is 0 Å². The van der Waals surface area contributed by atoms with Crippen LogP contribution in [0.25, 0.3) is 0 Å². The molecular weight excluding hydrogens is 224 g/mol. The van der Waals surface area contributed by atoms with Gasteiger partial charge in [-0.25, -0.2) is 0 Å². The summed E-state index contributed by atoms with van der Waals surface area (Å²) in [4.78, 5) is 10.7. The Hall–Kier alpha value is -1.31. The van der Waals surface area contributed by atoms with E-state index in [0.29, 0.717) is 5.92 Å². The summed E-state index contributed by atoms with van der Waals surface area (Å²) in [5.41, 5.74) is 1.71. The van der Waals surface area contributed by atoms with Gasteiger partial charge in [-0.05, 0) is 43.0 Å². The number of ether oxygens (including phenoxy) is 1. The van der Waals surface area contributed by atoms with Crippen LogP contribution in [-0.2, 0) is 0 Å². The molecule has 1 aromatic carbocycles. The van der Waals surface area contributed by atoms with E-state index in [4.69, 9.17) is 4.74 Å². The summed E-state index contributed by atoms with van der Waals surface area (Å²) in [6, 6.07) is 5.64. The first-order chi connectivity index (χ1) is 8.71. The molecule has 0 aromatic heterocycles. The van der Waals surface area contributed by atoms with Gasteiger partial charge in [0.2, 0.25) is 0 Å². The Labute approximate surface area is 110 Å². The molecule has 0 spiro atoms. The normalized spacial score (nSPS) is 12.2. The van der Waals surface area contributed by atoms with Crippen molar-refractivity contribution in [2.75, 3.05) is 6.61 Å². The predicted octanol–water partition coefficient (Wildman–Crippen LogP) is 4.40. The molecule has 0 aliphatic carbocycles. The van der Waals surface area contributed by atoms with Gasteiger partial charge in [0, 0.05) is 5.56 Å². The van der Waals surface area contributed by atoms with Gasteiger partial charge in [-0.3, -0.25) is 4.79 Å². The first-order valence-corrected chi connectivity index (χ1v) is 6.89. The van der Waals surface area contributed by atoms with Crippen LogP contribution in [-0.4, -0.2) is 12.9 Å². The van der Waals surface area contributed by atoms with Crippen molar-refractivity contribution in [3.8, 4) is 5.75 Å². The average molecular weight is 248 g/mol. The lowest BCUT2D eigenvalue weighted by Gasteiger charge is -2.16. The van der Waals surface area contributed by atoms with E-state index in [1.807, 2.05) is 25.1 Å². The molecule has 18 heavy (non-hydrogen) atoms. The molecule has 2 nitrogen and oxygen atoms in total. The molecule has 100 valence electrons. The molecule has 1 rings (SSSR count). The lowest BCUT2D eigenvalue weighted by Crippen LogP contribution is -2.11. The lowest BCUT2D eigenvalue weighted by atomic mass is 10.0. The molecule has 0 N–H and O–H groups in total. The topological polar surface area (TPSA) is 26.3 Å². The van der Waals surface area contributed by atoms with Gasteiger partial charge in [0.15, 0.2) is 0 Å². The monoisotopic (exact) mass is 248 g/mol. The average Bonchev–Trinajstić information content (AvgIpc) is 2.39. The molecule has 1 unspecified atom stereocenters. The van der Waals surface area contributed by atoms with Gasteiger partial charge in [0.25, 0.3) is 0 Å². The molecule has 0 aliphatic rings. The minimum atomic E-state index is 0.635. The van der Waals surface area contributed by atoms with Crippen molar-refractivity contribution in [1.82, 2.24) is 0 Å². The minimum absolute atomic E-state index is 0.635. The number of hydrogen-bond acceptors (Lipinski definition) is 2. The van der Waals surface area contributed by atoms with Crippen molar-refractivity contribution in [3.05, 3.63) is 29.3 Å². The summed E-state index contributed by atoms with van der Waals surface area (Å²) < 4.78 is 5.82. The highest BCUT2D eigenvalue weighted by atomic mass is 16.5. The fourth-order valence-electron chi connectivity index (χ4n) is 1.98. The Morgan fingerprint density at radius 1 is 1.33 bits per heavy atom. The van der Waals surface area contributed by atoms with E-state index in [0.717, 1.165) is 36.2 Å². The SMILES string of the molecule is CCCCC(CC)COc1ccc(C=O)c(C)c1. The van der Waals surface area contributed by atoms with E-state index < -0.39 is 0 Å². The highest BCUT2D eigenvalue weighted by Gasteiger charge is 2.07. The Balaban J connectivity index is 2.51. The van der Waals surface area contributed by atoms with E-state index in [2.05, 4.69) is 13.8 Å². The molecule has 0 radical (unpaired) electrons. The van der Waals surface area contributed by atoms with Gasteiger partial charge in [0.05, 0.1) is 6.61 Å². The molecule has 0 heterocycles. The Bertz CT molecular complexity index is 371. The highest BCUT2D eigenvalue weighted by Crippen LogP contribution is 2.19. The quantitative estimate of drug-likeness (QED) is 0.637. The lowest BCUT2D eigenvalue weighted by molar-refractivity contribution is 0.112. The van der Waals surface area contributed by atoms with E-state index in [9.17, 15) is 4.79 Å². The van der Waals surface area contributed by atoms with Crippen molar-refractivity contribution in [2.45, 2.75) is 46.5 Å². The maximum Gasteiger partial charge on any atom is 0.150 e. The third-order valence-corrected chi connectivity index (χ3v) is 3.40. The molecule has 0 saturated heterocycles. The zero-order chi connectivity index (χ0) is 13.4. The first-order valence-electron chi connectivity index (χ1n) is 6.89. The summed E-state index contributed by atoms with van der Waals surface area (Å²) in [5.74, 6) is 1.50. The van der Waals surface area contributed by atoms with E-state index in [1.54, 1.807) is 0 Å².